The average molecular weight is 148 g/mol. The lowest BCUT2D eigenvalue weighted by molar-refractivity contribution is 1.43. The molecule has 11 heavy (non-hydrogen) atoms. The molecule has 0 aromatic rings. The summed E-state index contributed by atoms with van der Waals surface area (Å²) in [5.41, 5.74) is 2.44. The zero-order valence-corrected chi connectivity index (χ0v) is 7.59. The summed E-state index contributed by atoms with van der Waals surface area (Å²) in [5.74, 6) is 0. The van der Waals surface area contributed by atoms with Crippen molar-refractivity contribution >= 4 is 0 Å². The predicted octanol–water partition coefficient (Wildman–Crippen LogP) is 3.64. The summed E-state index contributed by atoms with van der Waals surface area (Å²) in [6.45, 7) is 9.84. The molecular formula is C11H16. The molecule has 0 heteroatoms. The molecule has 0 aromatic carbocycles. The van der Waals surface area contributed by atoms with Crippen LogP contribution in [0.2, 0.25) is 0 Å². The summed E-state index contributed by atoms with van der Waals surface area (Å²) in [6, 6.07) is 0. The zero-order chi connectivity index (χ0) is 8.69. The van der Waals surface area contributed by atoms with Crippen LogP contribution in [0.5, 0.6) is 0 Å². The summed E-state index contributed by atoms with van der Waals surface area (Å²) in [6.07, 6.45) is 10.1. The molecule has 0 aromatic heterocycles. The van der Waals surface area contributed by atoms with Gasteiger partial charge in [-0.05, 0) is 31.9 Å². The lowest BCUT2D eigenvalue weighted by atomic mass is 10.1. The smallest absolute Gasteiger partial charge is 0.0237 e. The normalized spacial score (nSPS) is 14.1. The highest BCUT2D eigenvalue weighted by Crippen LogP contribution is 2.07. The summed E-state index contributed by atoms with van der Waals surface area (Å²) in [5, 5.41) is 0. The molecule has 0 spiro atoms. The van der Waals surface area contributed by atoms with Gasteiger partial charge in [-0.25, -0.2) is 0 Å². The zero-order valence-electron chi connectivity index (χ0n) is 7.59. The van der Waals surface area contributed by atoms with Crippen molar-refractivity contribution in [1.29, 1.82) is 0 Å². The van der Waals surface area contributed by atoms with Crippen LogP contribution in [0.25, 0.3) is 0 Å². The Kier molecular flexibility index (Phi) is 5.18. The van der Waals surface area contributed by atoms with Crippen molar-refractivity contribution in [3.05, 3.63) is 48.1 Å². The maximum Gasteiger partial charge on any atom is -0.0237 e. The van der Waals surface area contributed by atoms with Gasteiger partial charge in [0.05, 0.1) is 0 Å². The van der Waals surface area contributed by atoms with Crippen molar-refractivity contribution in [3.8, 4) is 0 Å². The van der Waals surface area contributed by atoms with Gasteiger partial charge in [-0.15, -0.1) is 0 Å². The van der Waals surface area contributed by atoms with E-state index < -0.39 is 0 Å². The molecule has 0 aliphatic carbocycles. The molecule has 0 bridgehead atoms. The van der Waals surface area contributed by atoms with Crippen molar-refractivity contribution in [2.45, 2.75) is 20.8 Å². The van der Waals surface area contributed by atoms with Crippen molar-refractivity contribution in [2.24, 2.45) is 0 Å². The second-order valence-corrected chi connectivity index (χ2v) is 2.34. The van der Waals surface area contributed by atoms with Crippen molar-refractivity contribution in [3.63, 3.8) is 0 Å². The van der Waals surface area contributed by atoms with Crippen molar-refractivity contribution < 1.29 is 0 Å². The maximum atomic E-state index is 3.74. The third-order valence-electron chi connectivity index (χ3n) is 1.44. The summed E-state index contributed by atoms with van der Waals surface area (Å²) in [4.78, 5) is 0. The Morgan fingerprint density at radius 1 is 1.09 bits per heavy atom. The molecule has 0 heterocycles. The van der Waals surface area contributed by atoms with Gasteiger partial charge in [-0.2, -0.15) is 0 Å². The van der Waals surface area contributed by atoms with E-state index in [1.165, 1.54) is 11.1 Å². The third kappa shape index (κ3) is 3.61. The van der Waals surface area contributed by atoms with Gasteiger partial charge in [0, 0.05) is 0 Å². The van der Waals surface area contributed by atoms with Crippen LogP contribution >= 0.6 is 0 Å². The monoisotopic (exact) mass is 148 g/mol. The van der Waals surface area contributed by atoms with E-state index >= 15 is 0 Å². The molecule has 0 fully saturated rings. The summed E-state index contributed by atoms with van der Waals surface area (Å²) in [7, 11) is 0. The van der Waals surface area contributed by atoms with Crippen LogP contribution in [0.15, 0.2) is 48.1 Å². The Hall–Kier alpha value is -1.04. The quantitative estimate of drug-likeness (QED) is 0.536. The Labute approximate surface area is 69.6 Å². The lowest BCUT2D eigenvalue weighted by Gasteiger charge is -1.96. The molecule has 0 saturated heterocycles. The fraction of sp³-hybridized carbons (Fsp3) is 0.273. The van der Waals surface area contributed by atoms with Gasteiger partial charge in [-0.1, -0.05) is 37.0 Å². The molecule has 0 atom stereocenters. The molecule has 0 aliphatic heterocycles. The van der Waals surface area contributed by atoms with Crippen LogP contribution in [0, 0.1) is 0 Å². The van der Waals surface area contributed by atoms with E-state index in [4.69, 9.17) is 0 Å². The number of allylic oxidation sites excluding steroid dienone is 7. The number of hydrogen-bond donors (Lipinski definition) is 0. The molecule has 0 aliphatic rings. The van der Waals surface area contributed by atoms with Gasteiger partial charge >= 0.3 is 0 Å². The van der Waals surface area contributed by atoms with Crippen LogP contribution < -0.4 is 0 Å². The van der Waals surface area contributed by atoms with Gasteiger partial charge in [0.2, 0.25) is 0 Å². The van der Waals surface area contributed by atoms with E-state index in [9.17, 15) is 0 Å². The van der Waals surface area contributed by atoms with Crippen molar-refractivity contribution in [1.82, 2.24) is 0 Å². The Balaban J connectivity index is 4.66. The molecule has 60 valence electrons. The predicted molar refractivity (Wildman–Crippen MR) is 52.5 cm³/mol. The molecule has 0 N–H and O–H groups in total. The number of rotatable bonds is 3. The maximum absolute atomic E-state index is 3.74. The lowest BCUT2D eigenvalue weighted by Crippen LogP contribution is -1.76. The third-order valence-corrected chi connectivity index (χ3v) is 1.44. The minimum atomic E-state index is 1.19. The topological polar surface area (TPSA) is 0 Å². The molecule has 0 rings (SSSR count). The highest BCUT2D eigenvalue weighted by Gasteiger charge is 1.87. The van der Waals surface area contributed by atoms with Gasteiger partial charge in [-0.3, -0.25) is 0 Å². The first kappa shape index (κ1) is 9.96. The van der Waals surface area contributed by atoms with Crippen molar-refractivity contribution in [2.75, 3.05) is 0 Å². The molecule has 0 unspecified atom stereocenters. The van der Waals surface area contributed by atoms with E-state index in [-0.39, 0.29) is 0 Å². The average Bonchev–Trinajstić information content (AvgIpc) is 2.00. The summed E-state index contributed by atoms with van der Waals surface area (Å²) < 4.78 is 0. The minimum Gasteiger partial charge on any atom is -0.0985 e. The Morgan fingerprint density at radius 2 is 1.64 bits per heavy atom. The molecule has 0 amide bonds. The van der Waals surface area contributed by atoms with Crippen LogP contribution in [0.1, 0.15) is 20.8 Å². The first-order valence-electron chi connectivity index (χ1n) is 3.85. The van der Waals surface area contributed by atoms with Gasteiger partial charge in [0.1, 0.15) is 0 Å². The fourth-order valence-corrected chi connectivity index (χ4v) is 0.886. The first-order chi connectivity index (χ1) is 5.26. The Morgan fingerprint density at radius 3 is 2.00 bits per heavy atom. The van der Waals surface area contributed by atoms with E-state index in [1.807, 2.05) is 32.1 Å². The minimum absolute atomic E-state index is 1.19. The van der Waals surface area contributed by atoms with Crippen LogP contribution in [-0.2, 0) is 0 Å². The highest BCUT2D eigenvalue weighted by molar-refractivity contribution is 5.38. The van der Waals surface area contributed by atoms with Gasteiger partial charge in [0.15, 0.2) is 0 Å². The standard InChI is InChI=1S/C11H16/c1-5-8-10(4)11(7-3)9-6-2/h5-9H,3H2,1-2,4H3/b8-5-,9-6-,11-10+. The highest BCUT2D eigenvalue weighted by atomic mass is 13.9. The first-order valence-corrected chi connectivity index (χ1v) is 3.85. The van der Waals surface area contributed by atoms with E-state index in [0.717, 1.165) is 0 Å². The van der Waals surface area contributed by atoms with Crippen LogP contribution in [0.3, 0.4) is 0 Å². The second-order valence-electron chi connectivity index (χ2n) is 2.34. The van der Waals surface area contributed by atoms with Crippen LogP contribution in [-0.4, -0.2) is 0 Å². The molecule has 0 nitrogen and oxygen atoms in total. The summed E-state index contributed by atoms with van der Waals surface area (Å²) >= 11 is 0. The molecule has 0 saturated carbocycles. The molecule has 0 radical (unpaired) electrons. The van der Waals surface area contributed by atoms with E-state index in [1.54, 1.807) is 0 Å². The SMILES string of the molecule is C=CC(/C=C\C)=C(C)\C=C/C. The number of hydrogen-bond acceptors (Lipinski definition) is 0. The second kappa shape index (κ2) is 5.72. The van der Waals surface area contributed by atoms with Crippen LogP contribution in [0.4, 0.5) is 0 Å². The fourth-order valence-electron chi connectivity index (χ4n) is 0.886. The van der Waals surface area contributed by atoms with E-state index in [0.29, 0.717) is 0 Å². The van der Waals surface area contributed by atoms with E-state index in [2.05, 4.69) is 25.7 Å². The Bertz CT molecular complexity index is 202. The van der Waals surface area contributed by atoms with Gasteiger partial charge in [0.25, 0.3) is 0 Å². The molecular weight excluding hydrogens is 132 g/mol. The largest absolute Gasteiger partial charge is 0.0985 e. The van der Waals surface area contributed by atoms with Gasteiger partial charge < -0.3 is 0 Å².